The number of anilines is 1. The summed E-state index contributed by atoms with van der Waals surface area (Å²) in [6.07, 6.45) is 14.0. The quantitative estimate of drug-likeness (QED) is 0.390. The molecule has 1 aromatic carbocycles. The molecule has 1 aliphatic heterocycles. The predicted molar refractivity (Wildman–Crippen MR) is 142 cm³/mol. The average molecular weight is 494 g/mol. The monoisotopic (exact) mass is 493 g/mol. The Kier molecular flexibility index (Phi) is 8.34. The zero-order chi connectivity index (χ0) is 24.9. The molecule has 3 aliphatic rings. The maximum atomic E-state index is 10.8. The van der Waals surface area contributed by atoms with Crippen LogP contribution < -0.4 is 10.6 Å². The lowest BCUT2D eigenvalue weighted by molar-refractivity contribution is -0.00393. The molecule has 0 spiro atoms. The van der Waals surface area contributed by atoms with E-state index in [-0.39, 0.29) is 18.3 Å². The third-order valence-electron chi connectivity index (χ3n) is 7.67. The fraction of sp³-hybridized carbons (Fsp3) is 0.552. The molecule has 3 unspecified atom stereocenters. The second kappa shape index (κ2) is 11.8. The number of aliphatic hydroxyl groups excluding tert-OH is 2. The lowest BCUT2D eigenvalue weighted by Crippen LogP contribution is -2.34. The molecule has 7 heteroatoms. The number of aryl methyl sites for hydroxylation is 1. The molecular formula is C29H39N3O4. The van der Waals surface area contributed by atoms with Gasteiger partial charge in [-0.15, -0.1) is 0 Å². The van der Waals surface area contributed by atoms with Gasteiger partial charge >= 0.3 is 0 Å². The minimum absolute atomic E-state index is 0.0325. The molecule has 194 valence electrons. The van der Waals surface area contributed by atoms with E-state index < -0.39 is 6.23 Å². The van der Waals surface area contributed by atoms with E-state index in [1.165, 1.54) is 0 Å². The van der Waals surface area contributed by atoms with Gasteiger partial charge in [0.25, 0.3) is 0 Å². The van der Waals surface area contributed by atoms with E-state index in [9.17, 15) is 10.2 Å². The zero-order valence-electron chi connectivity index (χ0n) is 21.2. The Labute approximate surface area is 213 Å². The van der Waals surface area contributed by atoms with Crippen LogP contribution >= 0.6 is 0 Å². The minimum Gasteiger partial charge on any atom is -0.393 e. The highest BCUT2D eigenvalue weighted by Gasteiger charge is 2.21. The maximum absolute atomic E-state index is 10.8. The van der Waals surface area contributed by atoms with E-state index in [4.69, 9.17) is 14.5 Å². The number of nitrogens with one attached hydrogen (secondary N) is 2. The first-order valence-corrected chi connectivity index (χ1v) is 13.4. The minimum atomic E-state index is -0.797. The Balaban J connectivity index is 1.15. The van der Waals surface area contributed by atoms with Gasteiger partial charge in [0.2, 0.25) is 0 Å². The number of hydrogen-bond acceptors (Lipinski definition) is 7. The highest BCUT2D eigenvalue weighted by Crippen LogP contribution is 2.27. The van der Waals surface area contributed by atoms with Crippen molar-refractivity contribution < 1.29 is 19.7 Å². The molecule has 4 N–H and O–H groups in total. The number of fused-ring (bicyclic) bond motifs is 1. The summed E-state index contributed by atoms with van der Waals surface area (Å²) in [5, 5.41) is 28.5. The smallest absolute Gasteiger partial charge is 0.150 e. The largest absolute Gasteiger partial charge is 0.393 e. The van der Waals surface area contributed by atoms with E-state index in [1.807, 2.05) is 37.4 Å². The Hall–Kier alpha value is -2.29. The summed E-state index contributed by atoms with van der Waals surface area (Å²) < 4.78 is 11.6. The Bertz CT molecular complexity index is 1090. The predicted octanol–water partition coefficient (Wildman–Crippen LogP) is 4.12. The van der Waals surface area contributed by atoms with Crippen LogP contribution in [0.25, 0.3) is 10.9 Å². The van der Waals surface area contributed by atoms with Gasteiger partial charge in [-0.05, 0) is 80.7 Å². The van der Waals surface area contributed by atoms with Gasteiger partial charge in [0, 0.05) is 36.5 Å². The molecule has 7 nitrogen and oxygen atoms in total. The highest BCUT2D eigenvalue weighted by atomic mass is 16.5. The molecule has 2 aromatic rings. The summed E-state index contributed by atoms with van der Waals surface area (Å²) in [4.78, 5) is 4.74. The van der Waals surface area contributed by atoms with E-state index >= 15 is 0 Å². The van der Waals surface area contributed by atoms with Crippen molar-refractivity contribution in [3.05, 3.63) is 59.3 Å². The first-order chi connectivity index (χ1) is 17.5. The summed E-state index contributed by atoms with van der Waals surface area (Å²) in [6, 6.07) is 6.72. The molecule has 0 radical (unpaired) electrons. The van der Waals surface area contributed by atoms with Crippen LogP contribution in [0.2, 0.25) is 0 Å². The number of pyridine rings is 1. The molecule has 36 heavy (non-hydrogen) atoms. The summed E-state index contributed by atoms with van der Waals surface area (Å²) in [5.41, 5.74) is 4.83. The average Bonchev–Trinajstić information content (AvgIpc) is 3.43. The van der Waals surface area contributed by atoms with Crippen molar-refractivity contribution in [3.8, 4) is 0 Å². The second-order valence-electron chi connectivity index (χ2n) is 10.4. The van der Waals surface area contributed by atoms with Crippen molar-refractivity contribution in [1.82, 2.24) is 10.3 Å². The zero-order valence-corrected chi connectivity index (χ0v) is 21.2. The van der Waals surface area contributed by atoms with Gasteiger partial charge in [-0.1, -0.05) is 24.3 Å². The van der Waals surface area contributed by atoms with Crippen LogP contribution in [0.5, 0.6) is 0 Å². The van der Waals surface area contributed by atoms with Crippen molar-refractivity contribution in [3.63, 3.8) is 0 Å². The second-order valence-corrected chi connectivity index (χ2v) is 10.4. The van der Waals surface area contributed by atoms with Gasteiger partial charge in [0.1, 0.15) is 0 Å². The first kappa shape index (κ1) is 25.4. The number of ether oxygens (including phenoxy) is 2. The van der Waals surface area contributed by atoms with Crippen LogP contribution in [0.15, 0.2) is 48.2 Å². The Morgan fingerprint density at radius 1 is 1.19 bits per heavy atom. The molecule has 2 aliphatic carbocycles. The highest BCUT2D eigenvalue weighted by molar-refractivity contribution is 5.87. The maximum Gasteiger partial charge on any atom is 0.150 e. The van der Waals surface area contributed by atoms with Gasteiger partial charge in [-0.3, -0.25) is 4.98 Å². The first-order valence-electron chi connectivity index (χ1n) is 13.4. The van der Waals surface area contributed by atoms with Crippen LogP contribution in [-0.4, -0.2) is 59.0 Å². The number of aliphatic hydroxyl groups is 2. The van der Waals surface area contributed by atoms with E-state index in [0.717, 1.165) is 91.4 Å². The number of rotatable bonds is 9. The van der Waals surface area contributed by atoms with Crippen LogP contribution in [0.1, 0.15) is 56.1 Å². The molecule has 5 rings (SSSR count). The van der Waals surface area contributed by atoms with Crippen molar-refractivity contribution in [1.29, 1.82) is 0 Å². The number of aromatic nitrogens is 1. The van der Waals surface area contributed by atoms with Crippen molar-refractivity contribution in [2.24, 2.45) is 0 Å². The molecule has 2 fully saturated rings. The van der Waals surface area contributed by atoms with Crippen molar-refractivity contribution in [2.45, 2.75) is 89.0 Å². The van der Waals surface area contributed by atoms with Gasteiger partial charge in [0.05, 0.1) is 30.4 Å². The third kappa shape index (κ3) is 6.33. The van der Waals surface area contributed by atoms with Gasteiger partial charge in [-0.25, -0.2) is 0 Å². The molecule has 1 saturated heterocycles. The fourth-order valence-corrected chi connectivity index (χ4v) is 5.37. The summed E-state index contributed by atoms with van der Waals surface area (Å²) in [5.74, 6) is 0. The van der Waals surface area contributed by atoms with Crippen LogP contribution in [-0.2, 0) is 16.0 Å². The third-order valence-corrected chi connectivity index (χ3v) is 7.67. The summed E-state index contributed by atoms with van der Waals surface area (Å²) in [6.45, 7) is 4.28. The van der Waals surface area contributed by atoms with E-state index in [2.05, 4.69) is 22.8 Å². The van der Waals surface area contributed by atoms with Crippen molar-refractivity contribution in [2.75, 3.05) is 18.5 Å². The van der Waals surface area contributed by atoms with Crippen LogP contribution in [0.3, 0.4) is 0 Å². The summed E-state index contributed by atoms with van der Waals surface area (Å²) >= 11 is 0. The van der Waals surface area contributed by atoms with Crippen LogP contribution in [0.4, 0.5) is 5.69 Å². The Morgan fingerprint density at radius 2 is 2.06 bits per heavy atom. The number of benzene rings is 1. The number of hydrogen-bond donors (Lipinski definition) is 4. The molecule has 0 bridgehead atoms. The molecule has 2 heterocycles. The van der Waals surface area contributed by atoms with E-state index in [0.29, 0.717) is 12.6 Å². The molecular weight excluding hydrogens is 454 g/mol. The summed E-state index contributed by atoms with van der Waals surface area (Å²) in [7, 11) is 0. The van der Waals surface area contributed by atoms with Crippen LogP contribution in [0, 0.1) is 6.92 Å². The lowest BCUT2D eigenvalue weighted by Gasteiger charge is -2.26. The van der Waals surface area contributed by atoms with Gasteiger partial charge < -0.3 is 30.3 Å². The van der Waals surface area contributed by atoms with Gasteiger partial charge in [-0.2, -0.15) is 0 Å². The molecule has 1 saturated carbocycles. The number of nitrogens with zero attached hydrogens (tertiary/aromatic N) is 1. The lowest BCUT2D eigenvalue weighted by atomic mass is 9.93. The normalized spacial score (nSPS) is 27.2. The standard InChI is InChI=1S/C29H39N3O4/c1-19-27(32-29(34)21-4-11-25(12-5-21)36-18-26-3-2-14-35-26)13-6-22-15-20(17-31-28(19)22)16-30-23-7-9-24(33)10-8-23/h4-6,11,13,15,17,23-26,29-30,32-34H,2-3,7-10,12,14,16,18H2,1H3. The molecule has 0 amide bonds. The Morgan fingerprint density at radius 3 is 2.81 bits per heavy atom. The SMILES string of the molecule is Cc1c(NC(O)C2=CCC(OCC3CCCO3)C=C2)ccc2cc(CNC3CCC(O)CC3)cnc12. The fourth-order valence-electron chi connectivity index (χ4n) is 5.37. The molecule has 3 atom stereocenters. The van der Waals surface area contributed by atoms with E-state index in [1.54, 1.807) is 0 Å². The van der Waals surface area contributed by atoms with Crippen molar-refractivity contribution >= 4 is 16.6 Å². The van der Waals surface area contributed by atoms with Gasteiger partial charge in [0.15, 0.2) is 6.23 Å². The topological polar surface area (TPSA) is 95.9 Å². The molecule has 1 aromatic heterocycles.